The van der Waals surface area contributed by atoms with Crippen molar-refractivity contribution in [3.63, 3.8) is 0 Å². The average Bonchev–Trinajstić information content (AvgIpc) is 2.86. The van der Waals surface area contributed by atoms with E-state index in [9.17, 15) is 0 Å². The van der Waals surface area contributed by atoms with Gasteiger partial charge in [0.25, 0.3) is 0 Å². The fourth-order valence-electron chi connectivity index (χ4n) is 2.79. The molecule has 0 atom stereocenters. The van der Waals surface area contributed by atoms with Crippen LogP contribution in [-0.2, 0) is 6.54 Å². The van der Waals surface area contributed by atoms with Gasteiger partial charge < -0.3 is 10.6 Å². The third-order valence-electron chi connectivity index (χ3n) is 4.30. The van der Waals surface area contributed by atoms with Crippen molar-refractivity contribution in [1.82, 2.24) is 9.78 Å². The lowest BCUT2D eigenvalue weighted by molar-refractivity contribution is 0.657. The van der Waals surface area contributed by atoms with E-state index in [1.807, 2.05) is 35.9 Å². The lowest BCUT2D eigenvalue weighted by Gasteiger charge is -2.12. The fraction of sp³-hybridized carbons (Fsp3) is 0.200. The monoisotopic (exact) mass is 428 g/mol. The number of rotatable bonds is 4. The highest BCUT2D eigenvalue weighted by atomic mass is 79.9. The smallest absolute Gasteiger partial charge is 0.175 e. The Morgan fingerprint density at radius 2 is 1.73 bits per heavy atom. The molecule has 0 aliphatic heterocycles. The van der Waals surface area contributed by atoms with Crippen LogP contribution in [0, 0.1) is 20.8 Å². The van der Waals surface area contributed by atoms with Crippen LogP contribution >= 0.6 is 28.1 Å². The first-order chi connectivity index (χ1) is 12.4. The van der Waals surface area contributed by atoms with Gasteiger partial charge in [-0.15, -0.1) is 0 Å². The van der Waals surface area contributed by atoms with Crippen LogP contribution in [0.4, 0.5) is 11.4 Å². The first kappa shape index (κ1) is 18.6. The Bertz CT molecular complexity index is 931. The minimum absolute atomic E-state index is 0.550. The Hall–Kier alpha value is -2.18. The van der Waals surface area contributed by atoms with Crippen LogP contribution in [0.5, 0.6) is 0 Å². The molecule has 2 aromatic carbocycles. The lowest BCUT2D eigenvalue weighted by atomic mass is 10.1. The van der Waals surface area contributed by atoms with Crippen LogP contribution in [-0.4, -0.2) is 14.9 Å². The number of aromatic nitrogens is 2. The van der Waals surface area contributed by atoms with Crippen molar-refractivity contribution in [2.75, 3.05) is 10.6 Å². The second kappa shape index (κ2) is 8.01. The maximum absolute atomic E-state index is 5.46. The number of nitrogens with zero attached hydrogens (tertiary/aromatic N) is 2. The van der Waals surface area contributed by atoms with Crippen LogP contribution in [0.15, 0.2) is 53.0 Å². The predicted molar refractivity (Wildman–Crippen MR) is 116 cm³/mol. The zero-order valence-corrected chi connectivity index (χ0v) is 17.4. The van der Waals surface area contributed by atoms with Crippen LogP contribution in [0.1, 0.15) is 22.5 Å². The summed E-state index contributed by atoms with van der Waals surface area (Å²) in [5.41, 5.74) is 6.41. The molecule has 0 fully saturated rings. The molecule has 3 aromatic rings. The third kappa shape index (κ3) is 4.31. The maximum atomic E-state index is 5.46. The number of benzene rings is 2. The molecule has 2 N–H and O–H groups in total. The molecule has 0 aliphatic carbocycles. The summed E-state index contributed by atoms with van der Waals surface area (Å²) < 4.78 is 3.05. The molecule has 0 amide bonds. The first-order valence-electron chi connectivity index (χ1n) is 8.36. The Labute approximate surface area is 167 Å². The molecule has 0 radical (unpaired) electrons. The van der Waals surface area contributed by atoms with Gasteiger partial charge in [0.05, 0.1) is 23.6 Å². The summed E-state index contributed by atoms with van der Waals surface area (Å²) in [5.74, 6) is 0. The molecule has 6 heteroatoms. The molecule has 0 unspecified atom stereocenters. The second-order valence-corrected chi connectivity index (χ2v) is 7.54. The van der Waals surface area contributed by atoms with Gasteiger partial charge in [0.2, 0.25) is 0 Å². The Morgan fingerprint density at radius 3 is 2.42 bits per heavy atom. The normalized spacial score (nSPS) is 10.6. The number of nitrogens with one attached hydrogen (secondary N) is 2. The number of anilines is 2. The zero-order valence-electron chi connectivity index (χ0n) is 15.0. The quantitative estimate of drug-likeness (QED) is 0.543. The molecular formula is C20H21BrN4S. The highest BCUT2D eigenvalue weighted by Crippen LogP contribution is 2.22. The summed E-state index contributed by atoms with van der Waals surface area (Å²) in [4.78, 5) is 0. The van der Waals surface area contributed by atoms with E-state index in [2.05, 4.69) is 69.8 Å². The van der Waals surface area contributed by atoms with Crippen molar-refractivity contribution in [3.8, 4) is 0 Å². The van der Waals surface area contributed by atoms with Gasteiger partial charge in [-0.25, -0.2) is 0 Å². The molecule has 0 bridgehead atoms. The van der Waals surface area contributed by atoms with Gasteiger partial charge in [0.1, 0.15) is 0 Å². The molecule has 1 aromatic heterocycles. The van der Waals surface area contributed by atoms with Crippen LogP contribution < -0.4 is 10.6 Å². The van der Waals surface area contributed by atoms with Crippen LogP contribution in [0.25, 0.3) is 0 Å². The van der Waals surface area contributed by atoms with Crippen molar-refractivity contribution in [1.29, 1.82) is 0 Å². The van der Waals surface area contributed by atoms with E-state index in [0.29, 0.717) is 5.11 Å². The van der Waals surface area contributed by atoms with Gasteiger partial charge in [0, 0.05) is 10.2 Å². The maximum Gasteiger partial charge on any atom is 0.175 e. The zero-order chi connectivity index (χ0) is 18.7. The Balaban J connectivity index is 1.74. The molecule has 0 saturated heterocycles. The number of hydrogen-bond donors (Lipinski definition) is 2. The van der Waals surface area contributed by atoms with Gasteiger partial charge >= 0.3 is 0 Å². The molecule has 4 nitrogen and oxygen atoms in total. The van der Waals surface area contributed by atoms with Gasteiger partial charge in [-0.2, -0.15) is 5.10 Å². The number of aryl methyl sites for hydroxylation is 2. The van der Waals surface area contributed by atoms with Gasteiger partial charge in [-0.1, -0.05) is 40.2 Å². The third-order valence-corrected chi connectivity index (χ3v) is 5.04. The van der Waals surface area contributed by atoms with E-state index < -0.39 is 0 Å². The molecule has 0 aliphatic rings. The molecule has 1 heterocycles. The molecular weight excluding hydrogens is 408 g/mol. The standard InChI is InChI=1S/C20H21BrN4S/c1-13-6-4-5-7-16(13)12-25-15(3)19(14(2)24-25)23-20(26)22-18-10-8-17(21)9-11-18/h4-11H,12H2,1-3H3,(H2,22,23,26). The molecule has 3 rings (SSSR count). The van der Waals surface area contributed by atoms with E-state index >= 15 is 0 Å². The van der Waals surface area contributed by atoms with E-state index in [0.717, 1.165) is 33.8 Å². The van der Waals surface area contributed by atoms with Crippen LogP contribution in [0.2, 0.25) is 0 Å². The number of hydrogen-bond acceptors (Lipinski definition) is 2. The summed E-state index contributed by atoms with van der Waals surface area (Å²) in [7, 11) is 0. The summed E-state index contributed by atoms with van der Waals surface area (Å²) in [5, 5.41) is 11.7. The largest absolute Gasteiger partial charge is 0.332 e. The molecule has 0 spiro atoms. The average molecular weight is 429 g/mol. The minimum atomic E-state index is 0.550. The second-order valence-electron chi connectivity index (χ2n) is 6.22. The highest BCUT2D eigenvalue weighted by molar-refractivity contribution is 9.10. The summed E-state index contributed by atoms with van der Waals surface area (Å²) in [6.45, 7) is 6.92. The summed E-state index contributed by atoms with van der Waals surface area (Å²) in [6, 6.07) is 16.3. The van der Waals surface area contributed by atoms with Crippen molar-refractivity contribution >= 4 is 44.6 Å². The van der Waals surface area contributed by atoms with Gasteiger partial charge in [-0.3, -0.25) is 4.68 Å². The summed E-state index contributed by atoms with van der Waals surface area (Å²) in [6.07, 6.45) is 0. The van der Waals surface area contributed by atoms with Crippen molar-refractivity contribution < 1.29 is 0 Å². The lowest BCUT2D eigenvalue weighted by Crippen LogP contribution is -2.20. The van der Waals surface area contributed by atoms with Crippen LogP contribution in [0.3, 0.4) is 0 Å². The van der Waals surface area contributed by atoms with Gasteiger partial charge in [0.15, 0.2) is 5.11 Å². The van der Waals surface area contributed by atoms with E-state index in [1.165, 1.54) is 11.1 Å². The summed E-state index contributed by atoms with van der Waals surface area (Å²) >= 11 is 8.89. The molecule has 134 valence electrons. The van der Waals surface area contributed by atoms with E-state index in [4.69, 9.17) is 12.2 Å². The number of halogens is 1. The molecule has 0 saturated carbocycles. The Morgan fingerprint density at radius 1 is 1.04 bits per heavy atom. The van der Waals surface area contributed by atoms with Crippen molar-refractivity contribution in [2.24, 2.45) is 0 Å². The fourth-order valence-corrected chi connectivity index (χ4v) is 3.27. The molecule has 26 heavy (non-hydrogen) atoms. The van der Waals surface area contributed by atoms with Crippen molar-refractivity contribution in [3.05, 3.63) is 75.5 Å². The van der Waals surface area contributed by atoms with E-state index in [1.54, 1.807) is 0 Å². The minimum Gasteiger partial charge on any atom is -0.332 e. The van der Waals surface area contributed by atoms with E-state index in [-0.39, 0.29) is 0 Å². The predicted octanol–water partition coefficient (Wildman–Crippen LogP) is 5.43. The number of thiocarbonyl (C=S) groups is 1. The topological polar surface area (TPSA) is 41.9 Å². The first-order valence-corrected chi connectivity index (χ1v) is 9.56. The SMILES string of the molecule is Cc1ccccc1Cn1nc(C)c(NC(=S)Nc2ccc(Br)cc2)c1C. The van der Waals surface area contributed by atoms with Crippen molar-refractivity contribution in [2.45, 2.75) is 27.3 Å². The Kier molecular flexibility index (Phi) is 5.74. The van der Waals surface area contributed by atoms with Gasteiger partial charge in [-0.05, 0) is 68.4 Å². The highest BCUT2D eigenvalue weighted by Gasteiger charge is 2.13.